The van der Waals surface area contributed by atoms with Crippen LogP contribution < -0.4 is 20.1 Å². The minimum atomic E-state index is 0.478. The molecule has 0 bridgehead atoms. The number of aryl methyl sites for hydroxylation is 1. The Morgan fingerprint density at radius 3 is 2.28 bits per heavy atom. The van der Waals surface area contributed by atoms with Gasteiger partial charge >= 0.3 is 0 Å². The Morgan fingerprint density at radius 1 is 1.03 bits per heavy atom. The number of nitrogens with one attached hydrogen (secondary N) is 2. The average Bonchev–Trinajstić information content (AvgIpc) is 2.94. The van der Waals surface area contributed by atoms with E-state index in [9.17, 15) is 0 Å². The SMILES string of the molecule is COc1cc(NC(=S)Nc2cccc(Cn3nc(C)c(Br)c3C)c2)cc(OC)c1. The lowest BCUT2D eigenvalue weighted by atomic mass is 10.2. The van der Waals surface area contributed by atoms with E-state index >= 15 is 0 Å². The lowest BCUT2D eigenvalue weighted by Crippen LogP contribution is -2.19. The van der Waals surface area contributed by atoms with Gasteiger partial charge in [-0.15, -0.1) is 0 Å². The lowest BCUT2D eigenvalue weighted by molar-refractivity contribution is 0.395. The van der Waals surface area contributed by atoms with Crippen molar-refractivity contribution in [1.82, 2.24) is 9.78 Å². The molecule has 1 heterocycles. The highest BCUT2D eigenvalue weighted by Crippen LogP contribution is 2.26. The second-order valence-corrected chi connectivity index (χ2v) is 7.72. The monoisotopic (exact) mass is 474 g/mol. The summed E-state index contributed by atoms with van der Waals surface area (Å²) in [5.41, 5.74) is 4.89. The minimum Gasteiger partial charge on any atom is -0.497 e. The van der Waals surface area contributed by atoms with Crippen LogP contribution in [0.3, 0.4) is 0 Å². The molecule has 1 aromatic heterocycles. The van der Waals surface area contributed by atoms with E-state index in [0.29, 0.717) is 23.2 Å². The van der Waals surface area contributed by atoms with Gasteiger partial charge in [0.2, 0.25) is 0 Å². The highest BCUT2D eigenvalue weighted by molar-refractivity contribution is 9.10. The molecule has 2 N–H and O–H groups in total. The van der Waals surface area contributed by atoms with Crippen LogP contribution in [0.15, 0.2) is 46.9 Å². The number of hydrogen-bond donors (Lipinski definition) is 2. The molecule has 0 spiro atoms. The average molecular weight is 475 g/mol. The third-order valence-corrected chi connectivity index (χ3v) is 5.77. The van der Waals surface area contributed by atoms with E-state index in [-0.39, 0.29) is 0 Å². The molecule has 0 saturated carbocycles. The number of benzene rings is 2. The molecule has 0 fully saturated rings. The molecule has 0 aliphatic heterocycles. The molecule has 0 aliphatic carbocycles. The standard InChI is InChI=1S/C21H23BrN4O2S/c1-13-20(22)14(2)26(25-13)12-15-6-5-7-16(8-15)23-21(29)24-17-9-18(27-3)11-19(10-17)28-4/h5-11H,12H2,1-4H3,(H2,23,24,29). The molecule has 0 saturated heterocycles. The molecule has 152 valence electrons. The Kier molecular flexibility index (Phi) is 6.76. The summed E-state index contributed by atoms with van der Waals surface area (Å²) in [5, 5.41) is 11.4. The Labute approximate surface area is 184 Å². The van der Waals surface area contributed by atoms with Crippen molar-refractivity contribution < 1.29 is 9.47 Å². The summed E-state index contributed by atoms with van der Waals surface area (Å²) < 4.78 is 13.6. The molecule has 0 atom stereocenters. The first-order chi connectivity index (χ1) is 13.9. The number of aromatic nitrogens is 2. The van der Waals surface area contributed by atoms with Gasteiger partial charge in [-0.1, -0.05) is 12.1 Å². The molecule has 0 unspecified atom stereocenters. The number of anilines is 2. The van der Waals surface area contributed by atoms with Crippen LogP contribution >= 0.6 is 28.1 Å². The van der Waals surface area contributed by atoms with E-state index in [0.717, 1.165) is 32.8 Å². The van der Waals surface area contributed by atoms with Crippen molar-refractivity contribution in [3.8, 4) is 11.5 Å². The van der Waals surface area contributed by atoms with Crippen LogP contribution in [0.5, 0.6) is 11.5 Å². The van der Waals surface area contributed by atoms with Crippen LogP contribution in [0.2, 0.25) is 0 Å². The Bertz CT molecular complexity index is 1010. The fraction of sp³-hybridized carbons (Fsp3) is 0.238. The largest absolute Gasteiger partial charge is 0.497 e. The van der Waals surface area contributed by atoms with Gasteiger partial charge in [0.25, 0.3) is 0 Å². The van der Waals surface area contributed by atoms with E-state index in [1.165, 1.54) is 0 Å². The maximum absolute atomic E-state index is 5.46. The van der Waals surface area contributed by atoms with Crippen molar-refractivity contribution in [2.75, 3.05) is 24.9 Å². The van der Waals surface area contributed by atoms with Gasteiger partial charge in [-0.25, -0.2) is 0 Å². The number of rotatable bonds is 6. The maximum Gasteiger partial charge on any atom is 0.175 e. The molecule has 29 heavy (non-hydrogen) atoms. The van der Waals surface area contributed by atoms with Gasteiger partial charge in [-0.2, -0.15) is 5.10 Å². The molecule has 0 aliphatic rings. The van der Waals surface area contributed by atoms with Crippen molar-refractivity contribution >= 4 is 44.6 Å². The second-order valence-electron chi connectivity index (χ2n) is 6.52. The first kappa shape index (κ1) is 21.1. The van der Waals surface area contributed by atoms with Crippen LogP contribution in [0.4, 0.5) is 11.4 Å². The second kappa shape index (κ2) is 9.28. The molecule has 6 nitrogen and oxygen atoms in total. The summed E-state index contributed by atoms with van der Waals surface area (Å²) in [4.78, 5) is 0. The quantitative estimate of drug-likeness (QED) is 0.482. The highest BCUT2D eigenvalue weighted by Gasteiger charge is 2.09. The van der Waals surface area contributed by atoms with Crippen molar-refractivity contribution in [2.24, 2.45) is 0 Å². The summed E-state index contributed by atoms with van der Waals surface area (Å²) in [5.74, 6) is 1.38. The van der Waals surface area contributed by atoms with Crippen LogP contribution in [-0.4, -0.2) is 29.1 Å². The fourth-order valence-electron chi connectivity index (χ4n) is 2.92. The van der Waals surface area contributed by atoms with Gasteiger partial charge in [-0.3, -0.25) is 4.68 Å². The summed E-state index contributed by atoms with van der Waals surface area (Å²) in [6, 6.07) is 13.6. The van der Waals surface area contributed by atoms with Crippen LogP contribution in [0, 0.1) is 13.8 Å². The maximum atomic E-state index is 5.46. The van der Waals surface area contributed by atoms with Crippen molar-refractivity contribution in [1.29, 1.82) is 0 Å². The number of hydrogen-bond acceptors (Lipinski definition) is 4. The zero-order chi connectivity index (χ0) is 21.0. The number of thiocarbonyl (C=S) groups is 1. The van der Waals surface area contributed by atoms with Gasteiger partial charge in [0.05, 0.1) is 36.6 Å². The summed E-state index contributed by atoms with van der Waals surface area (Å²) in [6.07, 6.45) is 0. The first-order valence-electron chi connectivity index (χ1n) is 8.99. The number of halogens is 1. The molecule has 2 aromatic carbocycles. The van der Waals surface area contributed by atoms with Crippen molar-refractivity contribution in [3.63, 3.8) is 0 Å². The zero-order valence-corrected chi connectivity index (χ0v) is 19.1. The van der Waals surface area contributed by atoms with E-state index in [1.54, 1.807) is 14.2 Å². The predicted octanol–water partition coefficient (Wildman–Crippen LogP) is 5.14. The van der Waals surface area contributed by atoms with Crippen LogP contribution in [0.1, 0.15) is 17.0 Å². The van der Waals surface area contributed by atoms with Crippen LogP contribution in [0.25, 0.3) is 0 Å². The zero-order valence-electron chi connectivity index (χ0n) is 16.7. The fourth-order valence-corrected chi connectivity index (χ4v) is 3.44. The Hall–Kier alpha value is -2.58. The van der Waals surface area contributed by atoms with E-state index < -0.39 is 0 Å². The highest BCUT2D eigenvalue weighted by atomic mass is 79.9. The molecule has 3 aromatic rings. The molecule has 0 amide bonds. The van der Waals surface area contributed by atoms with Gasteiger partial charge in [-0.05, 0) is 59.7 Å². The van der Waals surface area contributed by atoms with Crippen molar-refractivity contribution in [2.45, 2.75) is 20.4 Å². The smallest absolute Gasteiger partial charge is 0.175 e. The summed E-state index contributed by atoms with van der Waals surface area (Å²) in [7, 11) is 3.23. The van der Waals surface area contributed by atoms with Gasteiger partial charge < -0.3 is 20.1 Å². The topological polar surface area (TPSA) is 60.3 Å². The van der Waals surface area contributed by atoms with Gasteiger partial charge in [0.1, 0.15) is 11.5 Å². The molecule has 8 heteroatoms. The Balaban J connectivity index is 1.70. The molecular formula is C21H23BrN4O2S. The minimum absolute atomic E-state index is 0.478. The van der Waals surface area contributed by atoms with E-state index in [1.807, 2.05) is 48.9 Å². The third-order valence-electron chi connectivity index (χ3n) is 4.42. The van der Waals surface area contributed by atoms with Gasteiger partial charge in [0.15, 0.2) is 5.11 Å². The van der Waals surface area contributed by atoms with Gasteiger partial charge in [0, 0.05) is 29.6 Å². The summed E-state index contributed by atoms with van der Waals surface area (Å²) in [6.45, 7) is 4.72. The third kappa shape index (κ3) is 5.27. The Morgan fingerprint density at radius 2 is 1.69 bits per heavy atom. The lowest BCUT2D eigenvalue weighted by Gasteiger charge is -2.14. The first-order valence-corrected chi connectivity index (χ1v) is 10.2. The summed E-state index contributed by atoms with van der Waals surface area (Å²) >= 11 is 9.04. The predicted molar refractivity (Wildman–Crippen MR) is 124 cm³/mol. The number of nitrogens with zero attached hydrogens (tertiary/aromatic N) is 2. The molecule has 3 rings (SSSR count). The number of methoxy groups -OCH3 is 2. The molecule has 0 radical (unpaired) electrons. The number of ether oxygens (including phenoxy) is 2. The van der Waals surface area contributed by atoms with Crippen LogP contribution in [-0.2, 0) is 6.54 Å². The van der Waals surface area contributed by atoms with E-state index in [4.69, 9.17) is 21.7 Å². The van der Waals surface area contributed by atoms with E-state index in [2.05, 4.69) is 43.8 Å². The van der Waals surface area contributed by atoms with Crippen molar-refractivity contribution in [3.05, 3.63) is 63.9 Å². The normalized spacial score (nSPS) is 10.5. The molecular weight excluding hydrogens is 452 g/mol.